The van der Waals surface area contributed by atoms with E-state index < -0.39 is 0 Å². The summed E-state index contributed by atoms with van der Waals surface area (Å²) in [5.74, 6) is 2.50. The van der Waals surface area contributed by atoms with E-state index in [2.05, 4.69) is 15.5 Å². The van der Waals surface area contributed by atoms with Crippen molar-refractivity contribution in [3.8, 4) is 0 Å². The Kier molecular flexibility index (Phi) is 4.00. The molecule has 0 bridgehead atoms. The van der Waals surface area contributed by atoms with Gasteiger partial charge in [0.2, 0.25) is 5.91 Å². The van der Waals surface area contributed by atoms with Gasteiger partial charge in [0.15, 0.2) is 5.82 Å². The monoisotopic (exact) mass is 278 g/mol. The van der Waals surface area contributed by atoms with Gasteiger partial charge >= 0.3 is 0 Å². The van der Waals surface area contributed by atoms with Crippen molar-refractivity contribution >= 4 is 5.91 Å². The first-order valence-corrected chi connectivity index (χ1v) is 7.49. The molecule has 1 aliphatic heterocycles. The van der Waals surface area contributed by atoms with E-state index in [1.807, 2.05) is 11.6 Å². The molecule has 0 radical (unpaired) electrons. The zero-order chi connectivity index (χ0) is 13.9. The standard InChI is InChI=1S/C14H22N4O2/c1-18-12(16-17-13(18)10-4-2-5-10)8-15-14(19)11-6-3-7-20-9-11/h10-11H,2-9H2,1H3,(H,15,19)/t11-/m0/s1. The molecule has 1 aromatic rings. The fourth-order valence-corrected chi connectivity index (χ4v) is 2.81. The Bertz CT molecular complexity index is 476. The predicted octanol–water partition coefficient (Wildman–Crippen LogP) is 1.13. The summed E-state index contributed by atoms with van der Waals surface area (Å²) in [4.78, 5) is 12.0. The number of aromatic nitrogens is 3. The summed E-state index contributed by atoms with van der Waals surface area (Å²) in [7, 11) is 1.98. The SMILES string of the molecule is Cn1c(CNC(=O)[C@H]2CCCOC2)nnc1C1CCC1. The second kappa shape index (κ2) is 5.91. The van der Waals surface area contributed by atoms with Crippen LogP contribution in [0.4, 0.5) is 0 Å². The molecule has 110 valence electrons. The smallest absolute Gasteiger partial charge is 0.225 e. The topological polar surface area (TPSA) is 69.0 Å². The van der Waals surface area contributed by atoms with Gasteiger partial charge in [-0.05, 0) is 25.7 Å². The summed E-state index contributed by atoms with van der Waals surface area (Å²) in [6.45, 7) is 1.77. The molecule has 0 aromatic carbocycles. The lowest BCUT2D eigenvalue weighted by atomic mass is 9.85. The van der Waals surface area contributed by atoms with Gasteiger partial charge in [0.05, 0.1) is 19.1 Å². The highest BCUT2D eigenvalue weighted by Gasteiger charge is 2.26. The maximum absolute atomic E-state index is 12.0. The van der Waals surface area contributed by atoms with E-state index in [0.717, 1.165) is 31.1 Å². The van der Waals surface area contributed by atoms with Gasteiger partial charge in [-0.25, -0.2) is 0 Å². The van der Waals surface area contributed by atoms with Gasteiger partial charge in [-0.1, -0.05) is 6.42 Å². The zero-order valence-corrected chi connectivity index (χ0v) is 12.0. The van der Waals surface area contributed by atoms with Crippen molar-refractivity contribution < 1.29 is 9.53 Å². The van der Waals surface area contributed by atoms with Gasteiger partial charge in [-0.15, -0.1) is 10.2 Å². The number of rotatable bonds is 4. The van der Waals surface area contributed by atoms with Gasteiger partial charge in [0.25, 0.3) is 0 Å². The van der Waals surface area contributed by atoms with E-state index in [-0.39, 0.29) is 11.8 Å². The molecule has 1 atom stereocenters. The van der Waals surface area contributed by atoms with Crippen LogP contribution in [0.1, 0.15) is 49.7 Å². The minimum atomic E-state index is -0.0110. The summed E-state index contributed by atoms with van der Waals surface area (Å²) in [6, 6.07) is 0. The van der Waals surface area contributed by atoms with Crippen molar-refractivity contribution in [2.24, 2.45) is 13.0 Å². The van der Waals surface area contributed by atoms with Crippen LogP contribution in [0.25, 0.3) is 0 Å². The first-order chi connectivity index (χ1) is 9.75. The molecule has 1 saturated heterocycles. The molecule has 20 heavy (non-hydrogen) atoms. The molecule has 6 nitrogen and oxygen atoms in total. The average Bonchev–Trinajstić information content (AvgIpc) is 2.77. The van der Waals surface area contributed by atoms with Gasteiger partial charge in [0.1, 0.15) is 5.82 Å². The number of ether oxygens (including phenoxy) is 1. The van der Waals surface area contributed by atoms with Crippen LogP contribution in [0.15, 0.2) is 0 Å². The van der Waals surface area contributed by atoms with Crippen LogP contribution < -0.4 is 5.32 Å². The number of carbonyl (C=O) groups excluding carboxylic acids is 1. The van der Waals surface area contributed by atoms with Crippen LogP contribution in [0, 0.1) is 5.92 Å². The maximum Gasteiger partial charge on any atom is 0.225 e. The summed E-state index contributed by atoms with van der Waals surface area (Å²) in [5, 5.41) is 11.4. The van der Waals surface area contributed by atoms with Crippen molar-refractivity contribution in [2.75, 3.05) is 13.2 Å². The summed E-state index contributed by atoms with van der Waals surface area (Å²) >= 11 is 0. The van der Waals surface area contributed by atoms with Gasteiger partial charge < -0.3 is 14.6 Å². The maximum atomic E-state index is 12.0. The highest BCUT2D eigenvalue weighted by Crippen LogP contribution is 2.35. The van der Waals surface area contributed by atoms with Crippen molar-refractivity contribution in [1.29, 1.82) is 0 Å². The molecule has 2 fully saturated rings. The second-order valence-corrected chi connectivity index (χ2v) is 5.79. The Labute approximate surface area is 118 Å². The summed E-state index contributed by atoms with van der Waals surface area (Å²) in [5.41, 5.74) is 0. The Hall–Kier alpha value is -1.43. The molecule has 0 spiro atoms. The Balaban J connectivity index is 1.55. The average molecular weight is 278 g/mol. The number of nitrogens with one attached hydrogen (secondary N) is 1. The van der Waals surface area contributed by atoms with Gasteiger partial charge in [-0.2, -0.15) is 0 Å². The van der Waals surface area contributed by atoms with Crippen LogP contribution in [0.5, 0.6) is 0 Å². The van der Waals surface area contributed by atoms with E-state index in [1.165, 1.54) is 19.3 Å². The quantitative estimate of drug-likeness (QED) is 0.896. The molecular formula is C14H22N4O2. The number of carbonyl (C=O) groups is 1. The number of hydrogen-bond donors (Lipinski definition) is 1. The zero-order valence-electron chi connectivity index (χ0n) is 12.0. The lowest BCUT2D eigenvalue weighted by Gasteiger charge is -2.24. The summed E-state index contributed by atoms with van der Waals surface area (Å²) in [6.07, 6.45) is 5.58. The third-order valence-electron chi connectivity index (χ3n) is 4.42. The first-order valence-electron chi connectivity index (χ1n) is 7.49. The molecule has 1 N–H and O–H groups in total. The summed E-state index contributed by atoms with van der Waals surface area (Å²) < 4.78 is 7.37. The number of hydrogen-bond acceptors (Lipinski definition) is 4. The second-order valence-electron chi connectivity index (χ2n) is 5.79. The number of amides is 1. The van der Waals surface area contributed by atoms with Crippen LogP contribution in [-0.2, 0) is 23.1 Å². The Morgan fingerprint density at radius 2 is 2.20 bits per heavy atom. The molecule has 1 aliphatic carbocycles. The fraction of sp³-hybridized carbons (Fsp3) is 0.786. The minimum Gasteiger partial charge on any atom is -0.381 e. The van der Waals surface area contributed by atoms with Crippen LogP contribution in [-0.4, -0.2) is 33.9 Å². The molecule has 0 unspecified atom stereocenters. The Morgan fingerprint density at radius 3 is 2.85 bits per heavy atom. The van der Waals surface area contributed by atoms with Crippen molar-refractivity contribution in [3.63, 3.8) is 0 Å². The molecule has 1 aromatic heterocycles. The van der Waals surface area contributed by atoms with Gasteiger partial charge in [0, 0.05) is 19.6 Å². The normalized spacial score (nSPS) is 23.4. The fourth-order valence-electron chi connectivity index (χ4n) is 2.81. The molecule has 2 heterocycles. The van der Waals surface area contributed by atoms with Gasteiger partial charge in [-0.3, -0.25) is 4.79 Å². The molecule has 6 heteroatoms. The van der Waals surface area contributed by atoms with E-state index in [9.17, 15) is 4.79 Å². The van der Waals surface area contributed by atoms with E-state index in [1.54, 1.807) is 0 Å². The molecule has 1 amide bonds. The predicted molar refractivity (Wildman–Crippen MR) is 73.0 cm³/mol. The molecule has 2 aliphatic rings. The third kappa shape index (κ3) is 2.70. The largest absolute Gasteiger partial charge is 0.381 e. The van der Waals surface area contributed by atoms with Crippen molar-refractivity contribution in [3.05, 3.63) is 11.6 Å². The molecule has 1 saturated carbocycles. The molecular weight excluding hydrogens is 256 g/mol. The number of nitrogens with zero attached hydrogens (tertiary/aromatic N) is 3. The Morgan fingerprint density at radius 1 is 1.35 bits per heavy atom. The lowest BCUT2D eigenvalue weighted by molar-refractivity contribution is -0.129. The minimum absolute atomic E-state index is 0.0110. The van der Waals surface area contributed by atoms with Crippen LogP contribution in [0.2, 0.25) is 0 Å². The van der Waals surface area contributed by atoms with Crippen molar-refractivity contribution in [1.82, 2.24) is 20.1 Å². The van der Waals surface area contributed by atoms with E-state index in [4.69, 9.17) is 4.74 Å². The lowest BCUT2D eigenvalue weighted by Crippen LogP contribution is -2.35. The first kappa shape index (κ1) is 13.5. The van der Waals surface area contributed by atoms with Crippen LogP contribution >= 0.6 is 0 Å². The highest BCUT2D eigenvalue weighted by molar-refractivity contribution is 5.78. The third-order valence-corrected chi connectivity index (χ3v) is 4.42. The van der Waals surface area contributed by atoms with E-state index in [0.29, 0.717) is 19.1 Å². The van der Waals surface area contributed by atoms with E-state index >= 15 is 0 Å². The molecule has 3 rings (SSSR count). The van der Waals surface area contributed by atoms with Crippen molar-refractivity contribution in [2.45, 2.75) is 44.6 Å². The highest BCUT2D eigenvalue weighted by atomic mass is 16.5. The van der Waals surface area contributed by atoms with Crippen LogP contribution in [0.3, 0.4) is 0 Å².